The Bertz CT molecular complexity index is 736. The Morgan fingerprint density at radius 1 is 1.38 bits per heavy atom. The van der Waals surface area contributed by atoms with Crippen molar-refractivity contribution in [2.24, 2.45) is 5.16 Å². The molecular weight excluding hydrogens is 302 g/mol. The third-order valence-electron chi connectivity index (χ3n) is 2.79. The van der Waals surface area contributed by atoms with Crippen LogP contribution in [0.2, 0.25) is 0 Å². The molecule has 0 aromatic heterocycles. The van der Waals surface area contributed by atoms with Crippen LogP contribution >= 0.6 is 0 Å². The van der Waals surface area contributed by atoms with E-state index in [4.69, 9.17) is 9.94 Å². The van der Waals surface area contributed by atoms with Crippen molar-refractivity contribution in [1.29, 1.82) is 0 Å². The summed E-state index contributed by atoms with van der Waals surface area (Å²) >= 11 is 0. The van der Waals surface area contributed by atoms with Crippen LogP contribution in [0.4, 0.5) is 5.69 Å². The van der Waals surface area contributed by atoms with Gasteiger partial charge in [0.05, 0.1) is 12.0 Å². The number of rotatable bonds is 4. The molecule has 0 saturated heterocycles. The van der Waals surface area contributed by atoms with Gasteiger partial charge in [0, 0.05) is 5.69 Å². The number of oxime groups is 1. The zero-order valence-corrected chi connectivity index (χ0v) is 11.6. The molecule has 1 aromatic carbocycles. The number of nitro groups is 1. The van der Waals surface area contributed by atoms with Gasteiger partial charge in [-0.15, -0.1) is 0 Å². The number of hydrogen-bond donors (Lipinski definition) is 2. The van der Waals surface area contributed by atoms with Crippen molar-refractivity contribution < 1.29 is 23.3 Å². The fourth-order valence-corrected chi connectivity index (χ4v) is 3.15. The fourth-order valence-electron chi connectivity index (χ4n) is 1.80. The molecule has 0 spiro atoms. The molecular formula is C11H11N3O6S. The minimum Gasteiger partial charge on any atom is -0.497 e. The first kappa shape index (κ1) is 14.8. The number of anilines is 1. The predicted molar refractivity (Wildman–Crippen MR) is 73.6 cm³/mol. The van der Waals surface area contributed by atoms with Crippen molar-refractivity contribution in [2.75, 3.05) is 18.2 Å². The molecule has 0 radical (unpaired) electrons. The van der Waals surface area contributed by atoms with Crippen molar-refractivity contribution in [3.8, 4) is 5.75 Å². The second-order valence-corrected chi connectivity index (χ2v) is 6.00. The van der Waals surface area contributed by atoms with Gasteiger partial charge < -0.3 is 15.3 Å². The lowest BCUT2D eigenvalue weighted by Gasteiger charge is -2.07. The van der Waals surface area contributed by atoms with Crippen LogP contribution < -0.4 is 10.1 Å². The molecule has 0 aliphatic carbocycles. The van der Waals surface area contributed by atoms with Gasteiger partial charge in [0.1, 0.15) is 11.5 Å². The summed E-state index contributed by atoms with van der Waals surface area (Å²) in [5.41, 5.74) is -0.519. The molecule has 1 aliphatic heterocycles. The van der Waals surface area contributed by atoms with Gasteiger partial charge in [0.25, 0.3) is 5.70 Å². The number of hydrogen-bond acceptors (Lipinski definition) is 8. The molecule has 10 heteroatoms. The third-order valence-corrected chi connectivity index (χ3v) is 4.32. The molecule has 0 atom stereocenters. The standard InChI is InChI=1S/C11H11N3O6S/c1-20-8-4-2-7(3-5-8)12-10-9(14(16)17)6-21(18,19)11(10)13-15/h2-5,12,15H,6H2,1H3/b13-11+. The number of benzene rings is 1. The lowest BCUT2D eigenvalue weighted by molar-refractivity contribution is -0.423. The number of methoxy groups -OCH3 is 1. The Kier molecular flexibility index (Phi) is 3.80. The Hall–Kier alpha value is -2.62. The fraction of sp³-hybridized carbons (Fsp3) is 0.182. The lowest BCUT2D eigenvalue weighted by atomic mass is 10.2. The summed E-state index contributed by atoms with van der Waals surface area (Å²) in [6, 6.07) is 6.27. The SMILES string of the molecule is COc1ccc(NC2=C([N+](=O)[O-])CS(=O)(=O)/C2=N/O)cc1. The molecule has 112 valence electrons. The Balaban J connectivity index is 2.42. The molecule has 0 saturated carbocycles. The van der Waals surface area contributed by atoms with Crippen molar-refractivity contribution in [2.45, 2.75) is 0 Å². The van der Waals surface area contributed by atoms with Crippen molar-refractivity contribution >= 4 is 20.6 Å². The smallest absolute Gasteiger partial charge is 0.287 e. The predicted octanol–water partition coefficient (Wildman–Crippen LogP) is 0.811. The Labute approximate surface area is 119 Å². The molecule has 0 fully saturated rings. The number of sulfone groups is 1. The first-order valence-electron chi connectivity index (χ1n) is 5.63. The largest absolute Gasteiger partial charge is 0.497 e. The first-order valence-corrected chi connectivity index (χ1v) is 7.28. The van der Waals surface area contributed by atoms with E-state index in [1.54, 1.807) is 24.3 Å². The van der Waals surface area contributed by atoms with Crippen LogP contribution in [0.3, 0.4) is 0 Å². The molecule has 21 heavy (non-hydrogen) atoms. The third kappa shape index (κ3) is 2.79. The molecule has 1 aliphatic rings. The summed E-state index contributed by atoms with van der Waals surface area (Å²) in [7, 11) is -2.53. The van der Waals surface area contributed by atoms with E-state index in [-0.39, 0.29) is 5.70 Å². The second-order valence-electron chi connectivity index (χ2n) is 4.10. The Morgan fingerprint density at radius 2 is 2.00 bits per heavy atom. The monoisotopic (exact) mass is 313 g/mol. The zero-order valence-electron chi connectivity index (χ0n) is 10.8. The average molecular weight is 313 g/mol. The van der Waals surface area contributed by atoms with E-state index in [0.29, 0.717) is 11.4 Å². The highest BCUT2D eigenvalue weighted by atomic mass is 32.2. The van der Waals surface area contributed by atoms with Crippen molar-refractivity contribution in [1.82, 2.24) is 0 Å². The molecule has 0 unspecified atom stereocenters. The van der Waals surface area contributed by atoms with E-state index in [9.17, 15) is 18.5 Å². The zero-order chi connectivity index (χ0) is 15.6. The van der Waals surface area contributed by atoms with Gasteiger partial charge in [0.2, 0.25) is 14.9 Å². The minimum absolute atomic E-state index is 0.340. The lowest BCUT2D eigenvalue weighted by Crippen LogP contribution is -2.16. The van der Waals surface area contributed by atoms with Crippen LogP contribution in [-0.2, 0) is 9.84 Å². The summed E-state index contributed by atoms with van der Waals surface area (Å²) < 4.78 is 28.4. The van der Waals surface area contributed by atoms with E-state index < -0.39 is 31.3 Å². The van der Waals surface area contributed by atoms with Gasteiger partial charge in [0.15, 0.2) is 5.70 Å². The molecule has 2 rings (SSSR count). The topological polar surface area (TPSA) is 131 Å². The number of ether oxygens (including phenoxy) is 1. The first-order chi connectivity index (χ1) is 9.89. The van der Waals surface area contributed by atoms with E-state index in [0.717, 1.165) is 0 Å². The minimum atomic E-state index is -4.02. The number of nitrogens with zero attached hydrogens (tertiary/aromatic N) is 2. The molecule has 0 amide bonds. The van der Waals surface area contributed by atoms with E-state index in [1.807, 2.05) is 0 Å². The van der Waals surface area contributed by atoms with Crippen LogP contribution in [0.15, 0.2) is 40.8 Å². The summed E-state index contributed by atoms with van der Waals surface area (Å²) in [6.45, 7) is 0. The summed E-state index contributed by atoms with van der Waals surface area (Å²) in [4.78, 5) is 10.1. The van der Waals surface area contributed by atoms with Gasteiger partial charge in [-0.2, -0.15) is 0 Å². The van der Waals surface area contributed by atoms with E-state index in [1.165, 1.54) is 7.11 Å². The van der Waals surface area contributed by atoms with Crippen molar-refractivity contribution in [3.05, 3.63) is 45.8 Å². The summed E-state index contributed by atoms with van der Waals surface area (Å²) in [5, 5.41) is 24.3. The summed E-state index contributed by atoms with van der Waals surface area (Å²) in [5.74, 6) is -0.253. The molecule has 1 aromatic rings. The van der Waals surface area contributed by atoms with Crippen LogP contribution in [-0.4, -0.2) is 36.5 Å². The molecule has 9 nitrogen and oxygen atoms in total. The molecule has 1 heterocycles. The van der Waals surface area contributed by atoms with E-state index >= 15 is 0 Å². The van der Waals surface area contributed by atoms with Gasteiger partial charge in [-0.05, 0) is 24.3 Å². The van der Waals surface area contributed by atoms with E-state index in [2.05, 4.69) is 10.5 Å². The normalized spacial score (nSPS) is 18.8. The quantitative estimate of drug-likeness (QED) is 0.477. The molecule has 2 N–H and O–H groups in total. The maximum Gasteiger partial charge on any atom is 0.287 e. The van der Waals surface area contributed by atoms with Crippen molar-refractivity contribution in [3.63, 3.8) is 0 Å². The van der Waals surface area contributed by atoms with Crippen LogP contribution in [0, 0.1) is 10.1 Å². The van der Waals surface area contributed by atoms with Gasteiger partial charge in [-0.1, -0.05) is 5.16 Å². The maximum absolute atomic E-state index is 11.7. The molecule has 0 bridgehead atoms. The highest BCUT2D eigenvalue weighted by molar-refractivity contribution is 8.07. The Morgan fingerprint density at radius 3 is 2.48 bits per heavy atom. The number of nitrogens with one attached hydrogen (secondary N) is 1. The van der Waals surface area contributed by atoms with Gasteiger partial charge in [-0.3, -0.25) is 10.1 Å². The second kappa shape index (κ2) is 5.40. The van der Waals surface area contributed by atoms with Crippen LogP contribution in [0.1, 0.15) is 0 Å². The van der Waals surface area contributed by atoms with Gasteiger partial charge >= 0.3 is 0 Å². The van der Waals surface area contributed by atoms with Crippen LogP contribution in [0.25, 0.3) is 0 Å². The van der Waals surface area contributed by atoms with Crippen LogP contribution in [0.5, 0.6) is 5.75 Å². The highest BCUT2D eigenvalue weighted by Gasteiger charge is 2.43. The van der Waals surface area contributed by atoms with Gasteiger partial charge in [-0.25, -0.2) is 8.42 Å². The highest BCUT2D eigenvalue weighted by Crippen LogP contribution is 2.26. The summed E-state index contributed by atoms with van der Waals surface area (Å²) in [6.07, 6.45) is 0. The average Bonchev–Trinajstić information content (AvgIpc) is 2.70. The maximum atomic E-state index is 11.7.